The van der Waals surface area contributed by atoms with Gasteiger partial charge in [0.15, 0.2) is 0 Å². The largest absolute Gasteiger partial charge is 0.469 e. The number of aryl methyl sites for hydroxylation is 1. The Kier molecular flexibility index (Phi) is 4.97. The molecule has 2 aromatic rings. The van der Waals surface area contributed by atoms with Crippen LogP contribution in [-0.4, -0.2) is 17.6 Å². The maximum absolute atomic E-state index is 5.32. The second-order valence-electron chi connectivity index (χ2n) is 4.54. The van der Waals surface area contributed by atoms with Gasteiger partial charge in [-0.1, -0.05) is 6.07 Å². The normalized spacial score (nSPS) is 12.5. The highest BCUT2D eigenvalue weighted by Crippen LogP contribution is 2.05. The second kappa shape index (κ2) is 6.97. The molecule has 0 spiro atoms. The van der Waals surface area contributed by atoms with Crippen LogP contribution in [0.15, 0.2) is 47.2 Å². The van der Waals surface area contributed by atoms with Crippen molar-refractivity contribution in [3.05, 3.63) is 54.2 Å². The number of furan rings is 1. The molecule has 3 nitrogen and oxygen atoms in total. The summed E-state index contributed by atoms with van der Waals surface area (Å²) in [6.45, 7) is 3.18. The van der Waals surface area contributed by atoms with Crippen molar-refractivity contribution >= 4 is 0 Å². The van der Waals surface area contributed by atoms with Crippen molar-refractivity contribution < 1.29 is 4.42 Å². The van der Waals surface area contributed by atoms with E-state index in [2.05, 4.69) is 23.3 Å². The van der Waals surface area contributed by atoms with E-state index in [9.17, 15) is 0 Å². The van der Waals surface area contributed by atoms with E-state index >= 15 is 0 Å². The van der Waals surface area contributed by atoms with Crippen molar-refractivity contribution in [2.75, 3.05) is 6.54 Å². The maximum atomic E-state index is 5.32. The third kappa shape index (κ3) is 4.34. The van der Waals surface area contributed by atoms with Crippen LogP contribution in [0, 0.1) is 0 Å². The lowest BCUT2D eigenvalue weighted by Crippen LogP contribution is -2.28. The summed E-state index contributed by atoms with van der Waals surface area (Å²) in [5, 5.41) is 3.51. The number of nitrogens with zero attached hydrogens (tertiary/aromatic N) is 1. The molecule has 1 N–H and O–H groups in total. The minimum atomic E-state index is 0.499. The van der Waals surface area contributed by atoms with E-state index in [1.54, 1.807) is 6.26 Å². The summed E-state index contributed by atoms with van der Waals surface area (Å²) >= 11 is 0. The molecule has 18 heavy (non-hydrogen) atoms. The van der Waals surface area contributed by atoms with Crippen LogP contribution < -0.4 is 5.32 Å². The lowest BCUT2D eigenvalue weighted by molar-refractivity contribution is 0.461. The van der Waals surface area contributed by atoms with Crippen molar-refractivity contribution in [3.8, 4) is 0 Å². The zero-order chi connectivity index (χ0) is 12.6. The van der Waals surface area contributed by atoms with Gasteiger partial charge in [0.2, 0.25) is 0 Å². The topological polar surface area (TPSA) is 38.1 Å². The van der Waals surface area contributed by atoms with E-state index in [-0.39, 0.29) is 0 Å². The molecule has 0 amide bonds. The molecule has 0 saturated heterocycles. The van der Waals surface area contributed by atoms with E-state index in [4.69, 9.17) is 4.42 Å². The van der Waals surface area contributed by atoms with Gasteiger partial charge in [-0.15, -0.1) is 0 Å². The summed E-state index contributed by atoms with van der Waals surface area (Å²) in [6, 6.07) is 10.5. The number of nitrogens with one attached hydrogen (secondary N) is 1. The fourth-order valence-corrected chi connectivity index (χ4v) is 1.91. The van der Waals surface area contributed by atoms with Gasteiger partial charge >= 0.3 is 0 Å². The first-order valence-electron chi connectivity index (χ1n) is 6.50. The summed E-state index contributed by atoms with van der Waals surface area (Å²) in [7, 11) is 0. The van der Waals surface area contributed by atoms with Crippen LogP contribution in [-0.2, 0) is 12.8 Å². The van der Waals surface area contributed by atoms with Crippen LogP contribution in [0.2, 0.25) is 0 Å². The van der Waals surface area contributed by atoms with Crippen molar-refractivity contribution in [2.24, 2.45) is 0 Å². The van der Waals surface area contributed by atoms with Crippen LogP contribution in [0.5, 0.6) is 0 Å². The predicted molar refractivity (Wildman–Crippen MR) is 72.4 cm³/mol. The molecule has 2 aromatic heterocycles. The summed E-state index contributed by atoms with van der Waals surface area (Å²) in [5.41, 5.74) is 1.14. The summed E-state index contributed by atoms with van der Waals surface area (Å²) < 4.78 is 5.32. The van der Waals surface area contributed by atoms with Crippen LogP contribution in [0.3, 0.4) is 0 Å². The molecule has 0 radical (unpaired) electrons. The van der Waals surface area contributed by atoms with E-state index < -0.39 is 0 Å². The van der Waals surface area contributed by atoms with Crippen molar-refractivity contribution in [1.82, 2.24) is 10.3 Å². The molecule has 0 aliphatic rings. The second-order valence-corrected chi connectivity index (χ2v) is 4.54. The monoisotopic (exact) mass is 244 g/mol. The average Bonchev–Trinajstić information content (AvgIpc) is 2.91. The molecule has 3 heteroatoms. The van der Waals surface area contributed by atoms with Crippen molar-refractivity contribution in [3.63, 3.8) is 0 Å². The quantitative estimate of drug-likeness (QED) is 0.814. The molecule has 2 rings (SSSR count). The van der Waals surface area contributed by atoms with Gasteiger partial charge in [-0.2, -0.15) is 0 Å². The molecule has 96 valence electrons. The molecule has 2 heterocycles. The minimum absolute atomic E-state index is 0.499. The lowest BCUT2D eigenvalue weighted by Gasteiger charge is -2.12. The standard InChI is InChI=1S/C15H20N2O/c1-13(7-8-15-6-4-12-18-15)16-11-9-14-5-2-3-10-17-14/h2-6,10,12-13,16H,7-9,11H2,1H3. The number of aromatic nitrogens is 1. The summed E-state index contributed by atoms with van der Waals surface area (Å²) in [5.74, 6) is 1.06. The van der Waals surface area contributed by atoms with E-state index in [0.717, 1.165) is 37.3 Å². The molecule has 0 bridgehead atoms. The van der Waals surface area contributed by atoms with Crippen LogP contribution in [0.1, 0.15) is 24.8 Å². The molecule has 1 unspecified atom stereocenters. The highest BCUT2D eigenvalue weighted by molar-refractivity contribution is 5.03. The lowest BCUT2D eigenvalue weighted by atomic mass is 10.1. The first kappa shape index (κ1) is 12.8. The fourth-order valence-electron chi connectivity index (χ4n) is 1.91. The first-order chi connectivity index (χ1) is 8.84. The number of pyridine rings is 1. The molecular weight excluding hydrogens is 224 g/mol. The van der Waals surface area contributed by atoms with Crippen molar-refractivity contribution in [1.29, 1.82) is 0 Å². The van der Waals surface area contributed by atoms with Crippen molar-refractivity contribution in [2.45, 2.75) is 32.2 Å². The zero-order valence-corrected chi connectivity index (χ0v) is 10.8. The molecular formula is C15H20N2O. The van der Waals surface area contributed by atoms with Gasteiger partial charge < -0.3 is 9.73 Å². The summed E-state index contributed by atoms with van der Waals surface area (Å²) in [6.07, 6.45) is 6.64. The Morgan fingerprint density at radius 2 is 2.17 bits per heavy atom. The van der Waals surface area contributed by atoms with Gasteiger partial charge in [-0.05, 0) is 37.6 Å². The fraction of sp³-hybridized carbons (Fsp3) is 0.400. The first-order valence-corrected chi connectivity index (χ1v) is 6.50. The SMILES string of the molecule is CC(CCc1ccco1)NCCc1ccccn1. The van der Waals surface area contributed by atoms with Gasteiger partial charge in [0.05, 0.1) is 6.26 Å². The van der Waals surface area contributed by atoms with Crippen LogP contribution in [0.4, 0.5) is 0 Å². The smallest absolute Gasteiger partial charge is 0.103 e. The Balaban J connectivity index is 1.61. The Bertz CT molecular complexity index is 425. The van der Waals surface area contributed by atoms with Gasteiger partial charge in [-0.25, -0.2) is 0 Å². The van der Waals surface area contributed by atoms with E-state index in [1.165, 1.54) is 0 Å². The van der Waals surface area contributed by atoms with Gasteiger partial charge in [0, 0.05) is 37.3 Å². The maximum Gasteiger partial charge on any atom is 0.103 e. The minimum Gasteiger partial charge on any atom is -0.469 e. The third-order valence-electron chi connectivity index (χ3n) is 3.00. The molecule has 0 aromatic carbocycles. The predicted octanol–water partition coefficient (Wildman–Crippen LogP) is 2.83. The van der Waals surface area contributed by atoms with Gasteiger partial charge in [0.1, 0.15) is 5.76 Å². The Labute approximate surface area is 108 Å². The Hall–Kier alpha value is -1.61. The molecule has 0 aliphatic carbocycles. The molecule has 0 fully saturated rings. The van der Waals surface area contributed by atoms with E-state index in [1.807, 2.05) is 30.5 Å². The van der Waals surface area contributed by atoms with Crippen LogP contribution >= 0.6 is 0 Å². The number of hydrogen-bond donors (Lipinski definition) is 1. The Morgan fingerprint density at radius 1 is 1.22 bits per heavy atom. The highest BCUT2D eigenvalue weighted by atomic mass is 16.3. The average molecular weight is 244 g/mol. The number of rotatable bonds is 7. The molecule has 0 aliphatic heterocycles. The highest BCUT2D eigenvalue weighted by Gasteiger charge is 2.03. The summed E-state index contributed by atoms with van der Waals surface area (Å²) in [4.78, 5) is 4.31. The third-order valence-corrected chi connectivity index (χ3v) is 3.00. The molecule has 1 atom stereocenters. The van der Waals surface area contributed by atoms with E-state index in [0.29, 0.717) is 6.04 Å². The van der Waals surface area contributed by atoms with Crippen LogP contribution in [0.25, 0.3) is 0 Å². The molecule has 0 saturated carbocycles. The Morgan fingerprint density at radius 3 is 2.89 bits per heavy atom. The van der Waals surface area contributed by atoms with Gasteiger partial charge in [0.25, 0.3) is 0 Å². The van der Waals surface area contributed by atoms with Gasteiger partial charge in [-0.3, -0.25) is 4.98 Å². The number of hydrogen-bond acceptors (Lipinski definition) is 3. The zero-order valence-electron chi connectivity index (χ0n) is 10.8.